The first kappa shape index (κ1) is 14.3. The van der Waals surface area contributed by atoms with Crippen LogP contribution in [0.1, 0.15) is 44.9 Å². The lowest BCUT2D eigenvalue weighted by Gasteiger charge is -2.30. The molecule has 0 spiro atoms. The van der Waals surface area contributed by atoms with Crippen molar-refractivity contribution in [1.82, 2.24) is 9.21 Å². The third-order valence-electron chi connectivity index (χ3n) is 5.08. The van der Waals surface area contributed by atoms with Crippen LogP contribution in [-0.2, 0) is 14.8 Å². The van der Waals surface area contributed by atoms with Crippen LogP contribution in [0.2, 0.25) is 0 Å². The van der Waals surface area contributed by atoms with Crippen molar-refractivity contribution in [2.24, 2.45) is 5.92 Å². The molecule has 0 radical (unpaired) electrons. The first-order valence-electron chi connectivity index (χ1n) is 7.85. The molecule has 20 heavy (non-hydrogen) atoms. The Morgan fingerprint density at radius 1 is 1.00 bits per heavy atom. The SMILES string of the molecule is O=C(CN1CCCS1(=O)=O)N1CCCC1C1CCCC1. The smallest absolute Gasteiger partial charge is 0.238 e. The van der Waals surface area contributed by atoms with E-state index in [4.69, 9.17) is 0 Å². The first-order valence-corrected chi connectivity index (χ1v) is 9.46. The lowest BCUT2D eigenvalue weighted by atomic mass is 9.96. The average molecular weight is 300 g/mol. The van der Waals surface area contributed by atoms with E-state index in [1.54, 1.807) is 0 Å². The molecule has 2 aliphatic heterocycles. The molecular formula is C14H24N2O3S. The molecular weight excluding hydrogens is 276 g/mol. The van der Waals surface area contributed by atoms with Crippen molar-refractivity contribution in [2.75, 3.05) is 25.4 Å². The van der Waals surface area contributed by atoms with Crippen molar-refractivity contribution < 1.29 is 13.2 Å². The van der Waals surface area contributed by atoms with Gasteiger partial charge in [-0.3, -0.25) is 4.79 Å². The molecule has 1 aliphatic carbocycles. The molecule has 1 atom stereocenters. The molecule has 3 fully saturated rings. The van der Waals surface area contributed by atoms with Gasteiger partial charge >= 0.3 is 0 Å². The van der Waals surface area contributed by atoms with Crippen LogP contribution in [0.25, 0.3) is 0 Å². The van der Waals surface area contributed by atoms with E-state index in [2.05, 4.69) is 0 Å². The largest absolute Gasteiger partial charge is 0.338 e. The highest BCUT2D eigenvalue weighted by Gasteiger charge is 2.38. The Hall–Kier alpha value is -0.620. The molecule has 5 nitrogen and oxygen atoms in total. The second-order valence-corrected chi connectivity index (χ2v) is 8.43. The summed E-state index contributed by atoms with van der Waals surface area (Å²) >= 11 is 0. The number of hydrogen-bond acceptors (Lipinski definition) is 3. The van der Waals surface area contributed by atoms with E-state index in [9.17, 15) is 13.2 Å². The third kappa shape index (κ3) is 2.72. The minimum atomic E-state index is -3.16. The highest BCUT2D eigenvalue weighted by molar-refractivity contribution is 7.89. The minimum absolute atomic E-state index is 0.0184. The van der Waals surface area contributed by atoms with Gasteiger partial charge in [-0.25, -0.2) is 8.42 Å². The number of amides is 1. The van der Waals surface area contributed by atoms with Gasteiger partial charge in [0.15, 0.2) is 0 Å². The van der Waals surface area contributed by atoms with Gasteiger partial charge in [0.1, 0.15) is 0 Å². The van der Waals surface area contributed by atoms with Crippen LogP contribution in [-0.4, -0.2) is 55.0 Å². The van der Waals surface area contributed by atoms with Gasteiger partial charge in [0.25, 0.3) is 0 Å². The second kappa shape index (κ2) is 5.64. The van der Waals surface area contributed by atoms with Crippen molar-refractivity contribution in [3.05, 3.63) is 0 Å². The molecule has 0 aromatic carbocycles. The summed E-state index contributed by atoms with van der Waals surface area (Å²) in [7, 11) is -3.16. The van der Waals surface area contributed by atoms with E-state index >= 15 is 0 Å². The van der Waals surface area contributed by atoms with Crippen molar-refractivity contribution in [3.63, 3.8) is 0 Å². The third-order valence-corrected chi connectivity index (χ3v) is 6.98. The van der Waals surface area contributed by atoms with Gasteiger partial charge in [-0.2, -0.15) is 4.31 Å². The Morgan fingerprint density at radius 3 is 2.40 bits per heavy atom. The van der Waals surface area contributed by atoms with Crippen LogP contribution in [0, 0.1) is 5.92 Å². The van der Waals surface area contributed by atoms with Crippen LogP contribution in [0.15, 0.2) is 0 Å². The van der Waals surface area contributed by atoms with E-state index in [1.807, 2.05) is 4.90 Å². The van der Waals surface area contributed by atoms with Crippen molar-refractivity contribution in [1.29, 1.82) is 0 Å². The molecule has 0 bridgehead atoms. The maximum Gasteiger partial charge on any atom is 0.238 e. The van der Waals surface area contributed by atoms with Gasteiger partial charge in [-0.15, -0.1) is 0 Å². The van der Waals surface area contributed by atoms with Crippen LogP contribution in [0.5, 0.6) is 0 Å². The quantitative estimate of drug-likeness (QED) is 0.787. The number of likely N-dealkylation sites (tertiary alicyclic amines) is 1. The summed E-state index contributed by atoms with van der Waals surface area (Å²) < 4.78 is 25.0. The maximum atomic E-state index is 12.5. The molecule has 0 N–H and O–H groups in total. The summed E-state index contributed by atoms with van der Waals surface area (Å²) in [4.78, 5) is 14.5. The van der Waals surface area contributed by atoms with E-state index in [0.29, 0.717) is 24.9 Å². The minimum Gasteiger partial charge on any atom is -0.338 e. The zero-order valence-corrected chi connectivity index (χ0v) is 12.8. The molecule has 2 heterocycles. The molecule has 1 amide bonds. The Balaban J connectivity index is 1.64. The van der Waals surface area contributed by atoms with Gasteiger partial charge in [0.05, 0.1) is 12.3 Å². The Morgan fingerprint density at radius 2 is 1.75 bits per heavy atom. The van der Waals surface area contributed by atoms with Crippen LogP contribution >= 0.6 is 0 Å². The fourth-order valence-corrected chi connectivity index (χ4v) is 5.51. The average Bonchev–Trinajstić information content (AvgIpc) is 3.10. The first-order chi connectivity index (χ1) is 9.58. The van der Waals surface area contributed by atoms with Crippen molar-refractivity contribution in [2.45, 2.75) is 51.0 Å². The normalized spacial score (nSPS) is 31.2. The number of carbonyl (C=O) groups excluding carboxylic acids is 1. The molecule has 0 aromatic heterocycles. The molecule has 1 saturated carbocycles. The second-order valence-electron chi connectivity index (χ2n) is 6.34. The van der Waals surface area contributed by atoms with Crippen LogP contribution < -0.4 is 0 Å². The lowest BCUT2D eigenvalue weighted by molar-refractivity contribution is -0.133. The topological polar surface area (TPSA) is 57.7 Å². The van der Waals surface area contributed by atoms with Crippen LogP contribution in [0.3, 0.4) is 0 Å². The number of carbonyl (C=O) groups is 1. The monoisotopic (exact) mass is 300 g/mol. The fourth-order valence-electron chi connectivity index (χ4n) is 4.05. The number of rotatable bonds is 3. The predicted molar refractivity (Wildman–Crippen MR) is 76.7 cm³/mol. The summed E-state index contributed by atoms with van der Waals surface area (Å²) in [6.07, 6.45) is 7.85. The van der Waals surface area contributed by atoms with Crippen molar-refractivity contribution >= 4 is 15.9 Å². The van der Waals surface area contributed by atoms with Crippen LogP contribution in [0.4, 0.5) is 0 Å². The van der Waals surface area contributed by atoms with Gasteiger partial charge in [0.2, 0.25) is 15.9 Å². The maximum absolute atomic E-state index is 12.5. The molecule has 114 valence electrons. The molecule has 0 aromatic rings. The standard InChI is InChI=1S/C14H24N2O3S/c17-14(11-15-8-4-10-20(15,18)19)16-9-3-7-13(16)12-5-1-2-6-12/h12-13H,1-11H2. The zero-order valence-electron chi connectivity index (χ0n) is 12.0. The Bertz CT molecular complexity index is 471. The fraction of sp³-hybridized carbons (Fsp3) is 0.929. The van der Waals surface area contributed by atoms with E-state index in [1.165, 1.54) is 30.0 Å². The zero-order chi connectivity index (χ0) is 14.2. The Labute approximate surface area is 121 Å². The van der Waals surface area contributed by atoms with Crippen molar-refractivity contribution in [3.8, 4) is 0 Å². The Kier molecular flexibility index (Phi) is 4.04. The van der Waals surface area contributed by atoms with Gasteiger partial charge in [0, 0.05) is 19.1 Å². The lowest BCUT2D eigenvalue weighted by Crippen LogP contribution is -2.45. The molecule has 2 saturated heterocycles. The number of hydrogen-bond donors (Lipinski definition) is 0. The van der Waals surface area contributed by atoms with Gasteiger partial charge in [-0.05, 0) is 38.0 Å². The summed E-state index contributed by atoms with van der Waals surface area (Å²) in [5.74, 6) is 0.869. The number of nitrogens with zero attached hydrogens (tertiary/aromatic N) is 2. The predicted octanol–water partition coefficient (Wildman–Crippen LogP) is 1.20. The van der Waals surface area contributed by atoms with Gasteiger partial charge < -0.3 is 4.90 Å². The molecule has 1 unspecified atom stereocenters. The van der Waals surface area contributed by atoms with Gasteiger partial charge in [-0.1, -0.05) is 12.8 Å². The molecule has 3 aliphatic rings. The summed E-state index contributed by atoms with van der Waals surface area (Å²) in [5, 5.41) is 0. The summed E-state index contributed by atoms with van der Waals surface area (Å²) in [5.41, 5.74) is 0. The number of sulfonamides is 1. The molecule has 3 rings (SSSR count). The highest BCUT2D eigenvalue weighted by atomic mass is 32.2. The summed E-state index contributed by atoms with van der Waals surface area (Å²) in [6.45, 7) is 1.38. The van der Waals surface area contributed by atoms with E-state index in [-0.39, 0.29) is 18.2 Å². The highest BCUT2D eigenvalue weighted by Crippen LogP contribution is 2.35. The molecule has 6 heteroatoms. The van der Waals surface area contributed by atoms with E-state index < -0.39 is 10.0 Å². The summed E-state index contributed by atoms with van der Waals surface area (Å²) in [6, 6.07) is 0.371. The van der Waals surface area contributed by atoms with E-state index in [0.717, 1.165) is 19.4 Å².